The zero-order chi connectivity index (χ0) is 12.1. The lowest BCUT2D eigenvalue weighted by atomic mass is 10.0. The fourth-order valence-corrected chi connectivity index (χ4v) is 1.85. The van der Waals surface area contributed by atoms with Crippen LogP contribution in [0, 0.1) is 0 Å². The molecule has 0 aliphatic rings. The average molecular weight is 228 g/mol. The van der Waals surface area contributed by atoms with Gasteiger partial charge in [-0.15, -0.1) is 0 Å². The second-order valence-electron chi connectivity index (χ2n) is 3.88. The standard InChI is InChI=1S/C13H16N4/c1-15-12(9-10-4-7-16-8-5-10)11-3-2-6-17-13(11)14/h2-8,12,15H,9H2,1H3,(H2,14,17). The van der Waals surface area contributed by atoms with Crippen LogP contribution in [0.4, 0.5) is 5.82 Å². The second-order valence-corrected chi connectivity index (χ2v) is 3.88. The van der Waals surface area contributed by atoms with E-state index in [0.29, 0.717) is 5.82 Å². The van der Waals surface area contributed by atoms with Gasteiger partial charge in [-0.2, -0.15) is 0 Å². The molecule has 0 radical (unpaired) electrons. The summed E-state index contributed by atoms with van der Waals surface area (Å²) in [7, 11) is 1.93. The summed E-state index contributed by atoms with van der Waals surface area (Å²) in [5, 5.41) is 3.27. The molecule has 2 rings (SSSR count). The molecule has 2 heterocycles. The molecule has 0 saturated heterocycles. The van der Waals surface area contributed by atoms with Crippen molar-refractivity contribution in [1.82, 2.24) is 15.3 Å². The molecule has 0 bridgehead atoms. The Morgan fingerprint density at radius 1 is 1.24 bits per heavy atom. The highest BCUT2D eigenvalue weighted by atomic mass is 14.9. The van der Waals surface area contributed by atoms with Gasteiger partial charge in [0.25, 0.3) is 0 Å². The van der Waals surface area contributed by atoms with Gasteiger partial charge in [-0.3, -0.25) is 4.98 Å². The molecule has 17 heavy (non-hydrogen) atoms. The number of nitrogens with zero attached hydrogens (tertiary/aromatic N) is 2. The summed E-state index contributed by atoms with van der Waals surface area (Å²) >= 11 is 0. The van der Waals surface area contributed by atoms with Crippen molar-refractivity contribution in [3.05, 3.63) is 54.0 Å². The number of aromatic nitrogens is 2. The Morgan fingerprint density at radius 3 is 2.65 bits per heavy atom. The molecule has 4 heteroatoms. The molecule has 3 N–H and O–H groups in total. The largest absolute Gasteiger partial charge is 0.383 e. The first-order valence-corrected chi connectivity index (χ1v) is 5.58. The number of nitrogens with two attached hydrogens (primary N) is 1. The van der Waals surface area contributed by atoms with Crippen molar-refractivity contribution in [2.24, 2.45) is 0 Å². The Balaban J connectivity index is 2.21. The number of nitrogens with one attached hydrogen (secondary N) is 1. The van der Waals surface area contributed by atoms with Crippen LogP contribution in [-0.2, 0) is 6.42 Å². The average Bonchev–Trinajstić information content (AvgIpc) is 2.38. The van der Waals surface area contributed by atoms with Crippen molar-refractivity contribution < 1.29 is 0 Å². The highest BCUT2D eigenvalue weighted by Gasteiger charge is 2.13. The minimum atomic E-state index is 0.172. The first-order chi connectivity index (χ1) is 8.31. The maximum Gasteiger partial charge on any atom is 0.128 e. The van der Waals surface area contributed by atoms with Crippen LogP contribution in [0.25, 0.3) is 0 Å². The van der Waals surface area contributed by atoms with E-state index in [-0.39, 0.29) is 6.04 Å². The summed E-state index contributed by atoms with van der Waals surface area (Å²) in [5.74, 6) is 0.584. The Bertz CT molecular complexity index is 470. The number of anilines is 1. The van der Waals surface area contributed by atoms with Gasteiger partial charge in [0.15, 0.2) is 0 Å². The number of pyridine rings is 2. The van der Waals surface area contributed by atoms with Crippen LogP contribution in [-0.4, -0.2) is 17.0 Å². The minimum Gasteiger partial charge on any atom is -0.383 e. The van der Waals surface area contributed by atoms with E-state index in [1.165, 1.54) is 5.56 Å². The Kier molecular flexibility index (Phi) is 3.67. The minimum absolute atomic E-state index is 0.172. The molecular weight excluding hydrogens is 212 g/mol. The SMILES string of the molecule is CNC(Cc1ccncc1)c1cccnc1N. The van der Waals surface area contributed by atoms with Crippen molar-refractivity contribution in [3.8, 4) is 0 Å². The topological polar surface area (TPSA) is 63.8 Å². The lowest BCUT2D eigenvalue weighted by molar-refractivity contribution is 0.592. The van der Waals surface area contributed by atoms with Crippen LogP contribution >= 0.6 is 0 Å². The second kappa shape index (κ2) is 5.41. The van der Waals surface area contributed by atoms with Crippen LogP contribution in [0.15, 0.2) is 42.9 Å². The zero-order valence-corrected chi connectivity index (χ0v) is 9.80. The van der Waals surface area contributed by atoms with Crippen molar-refractivity contribution in [1.29, 1.82) is 0 Å². The van der Waals surface area contributed by atoms with Gasteiger partial charge in [-0.25, -0.2) is 4.98 Å². The summed E-state index contributed by atoms with van der Waals surface area (Å²) in [6.45, 7) is 0. The fourth-order valence-electron chi connectivity index (χ4n) is 1.85. The molecular formula is C13H16N4. The smallest absolute Gasteiger partial charge is 0.128 e. The molecule has 0 aromatic carbocycles. The number of nitrogen functional groups attached to an aromatic ring is 1. The summed E-state index contributed by atoms with van der Waals surface area (Å²) < 4.78 is 0. The molecule has 0 fully saturated rings. The molecule has 0 spiro atoms. The first kappa shape index (κ1) is 11.5. The van der Waals surface area contributed by atoms with Crippen LogP contribution in [0.3, 0.4) is 0 Å². The van der Waals surface area contributed by atoms with Gasteiger partial charge in [-0.05, 0) is 37.2 Å². The maximum absolute atomic E-state index is 5.89. The summed E-state index contributed by atoms with van der Waals surface area (Å²) in [5.41, 5.74) is 8.15. The summed E-state index contributed by atoms with van der Waals surface area (Å²) in [4.78, 5) is 8.13. The number of rotatable bonds is 4. The normalized spacial score (nSPS) is 12.3. The third-order valence-corrected chi connectivity index (χ3v) is 2.78. The number of hydrogen-bond acceptors (Lipinski definition) is 4. The van der Waals surface area contributed by atoms with E-state index in [4.69, 9.17) is 5.73 Å². The quantitative estimate of drug-likeness (QED) is 0.833. The van der Waals surface area contributed by atoms with Crippen LogP contribution in [0.1, 0.15) is 17.2 Å². The van der Waals surface area contributed by atoms with E-state index in [0.717, 1.165) is 12.0 Å². The monoisotopic (exact) mass is 228 g/mol. The Labute approximate surface area is 101 Å². The van der Waals surface area contributed by atoms with E-state index >= 15 is 0 Å². The molecule has 4 nitrogen and oxygen atoms in total. The van der Waals surface area contributed by atoms with Gasteiger partial charge in [0, 0.05) is 30.2 Å². The summed E-state index contributed by atoms with van der Waals surface area (Å²) in [6.07, 6.45) is 6.18. The molecule has 88 valence electrons. The number of hydrogen-bond donors (Lipinski definition) is 2. The van der Waals surface area contributed by atoms with Crippen LogP contribution < -0.4 is 11.1 Å². The van der Waals surface area contributed by atoms with Gasteiger partial charge in [0.05, 0.1) is 0 Å². The first-order valence-electron chi connectivity index (χ1n) is 5.58. The maximum atomic E-state index is 5.89. The van der Waals surface area contributed by atoms with Crippen LogP contribution in [0.5, 0.6) is 0 Å². The van der Waals surface area contributed by atoms with Gasteiger partial charge >= 0.3 is 0 Å². The third kappa shape index (κ3) is 2.79. The van der Waals surface area contributed by atoms with Gasteiger partial charge in [-0.1, -0.05) is 6.07 Å². The van der Waals surface area contributed by atoms with E-state index in [1.807, 2.05) is 31.3 Å². The molecule has 0 aliphatic heterocycles. The Hall–Kier alpha value is -1.94. The zero-order valence-electron chi connectivity index (χ0n) is 9.80. The van der Waals surface area contributed by atoms with Crippen molar-refractivity contribution >= 4 is 5.82 Å². The molecule has 2 aromatic heterocycles. The lowest BCUT2D eigenvalue weighted by Gasteiger charge is -2.17. The molecule has 0 saturated carbocycles. The molecule has 1 unspecified atom stereocenters. The predicted molar refractivity (Wildman–Crippen MR) is 68.4 cm³/mol. The lowest BCUT2D eigenvalue weighted by Crippen LogP contribution is -2.20. The highest BCUT2D eigenvalue weighted by molar-refractivity contribution is 5.41. The van der Waals surface area contributed by atoms with Crippen molar-refractivity contribution in [2.75, 3.05) is 12.8 Å². The molecule has 0 amide bonds. The Morgan fingerprint density at radius 2 is 2.00 bits per heavy atom. The van der Waals surface area contributed by atoms with E-state index in [1.54, 1.807) is 18.6 Å². The molecule has 1 atom stereocenters. The summed E-state index contributed by atoms with van der Waals surface area (Å²) in [6, 6.07) is 8.10. The van der Waals surface area contributed by atoms with Crippen LogP contribution in [0.2, 0.25) is 0 Å². The third-order valence-electron chi connectivity index (χ3n) is 2.78. The van der Waals surface area contributed by atoms with Gasteiger partial charge in [0.1, 0.15) is 5.82 Å². The van der Waals surface area contributed by atoms with E-state index < -0.39 is 0 Å². The predicted octanol–water partition coefficient (Wildman–Crippen LogP) is 1.56. The van der Waals surface area contributed by atoms with E-state index in [2.05, 4.69) is 15.3 Å². The molecule has 0 aliphatic carbocycles. The highest BCUT2D eigenvalue weighted by Crippen LogP contribution is 2.21. The van der Waals surface area contributed by atoms with Gasteiger partial charge < -0.3 is 11.1 Å². The van der Waals surface area contributed by atoms with Crippen molar-refractivity contribution in [2.45, 2.75) is 12.5 Å². The fraction of sp³-hybridized carbons (Fsp3) is 0.231. The number of likely N-dealkylation sites (N-methyl/N-ethyl adjacent to an activating group) is 1. The van der Waals surface area contributed by atoms with E-state index in [9.17, 15) is 0 Å². The van der Waals surface area contributed by atoms with Crippen molar-refractivity contribution in [3.63, 3.8) is 0 Å². The molecule has 2 aromatic rings. The van der Waals surface area contributed by atoms with Gasteiger partial charge in [0.2, 0.25) is 0 Å².